The van der Waals surface area contributed by atoms with Gasteiger partial charge in [0.15, 0.2) is 0 Å². The van der Waals surface area contributed by atoms with Gasteiger partial charge in [-0.05, 0) is 62.5 Å². The van der Waals surface area contributed by atoms with Crippen LogP contribution in [0.4, 0.5) is 0 Å². The van der Waals surface area contributed by atoms with Crippen LogP contribution in [-0.2, 0) is 6.42 Å². The van der Waals surface area contributed by atoms with Crippen LogP contribution in [0.5, 0.6) is 5.75 Å². The lowest BCUT2D eigenvalue weighted by Gasteiger charge is -2.30. The third kappa shape index (κ3) is 4.47. The highest BCUT2D eigenvalue weighted by molar-refractivity contribution is 5.41. The van der Waals surface area contributed by atoms with E-state index in [2.05, 4.69) is 39.0 Å². The van der Waals surface area contributed by atoms with Crippen molar-refractivity contribution in [3.05, 3.63) is 29.3 Å². The molecule has 1 aliphatic carbocycles. The summed E-state index contributed by atoms with van der Waals surface area (Å²) in [6.07, 6.45) is 8.66. The molecule has 118 valence electrons. The molecule has 0 amide bonds. The number of aryl methyl sites for hydroxylation is 1. The van der Waals surface area contributed by atoms with E-state index >= 15 is 0 Å². The summed E-state index contributed by atoms with van der Waals surface area (Å²) in [7, 11) is 0. The zero-order valence-electron chi connectivity index (χ0n) is 13.9. The molecule has 1 aromatic rings. The number of rotatable bonds is 6. The summed E-state index contributed by atoms with van der Waals surface area (Å²) >= 11 is 0. The Morgan fingerprint density at radius 2 is 1.90 bits per heavy atom. The summed E-state index contributed by atoms with van der Waals surface area (Å²) in [5, 5.41) is 0. The van der Waals surface area contributed by atoms with Gasteiger partial charge in [-0.1, -0.05) is 38.5 Å². The van der Waals surface area contributed by atoms with E-state index in [1.165, 1.54) is 43.2 Å². The van der Waals surface area contributed by atoms with Crippen LogP contribution in [0.3, 0.4) is 0 Å². The summed E-state index contributed by atoms with van der Waals surface area (Å²) in [5.74, 6) is 2.01. The van der Waals surface area contributed by atoms with E-state index in [9.17, 15) is 0 Å². The monoisotopic (exact) mass is 289 g/mol. The Bertz CT molecular complexity index is 435. The van der Waals surface area contributed by atoms with Gasteiger partial charge in [-0.25, -0.2) is 0 Å². The van der Waals surface area contributed by atoms with Crippen molar-refractivity contribution in [2.45, 2.75) is 77.9 Å². The van der Waals surface area contributed by atoms with Gasteiger partial charge in [0.1, 0.15) is 5.75 Å². The van der Waals surface area contributed by atoms with Gasteiger partial charge in [0.05, 0.1) is 6.10 Å². The van der Waals surface area contributed by atoms with Crippen molar-refractivity contribution in [3.8, 4) is 5.75 Å². The average Bonchev–Trinajstić information content (AvgIpc) is 2.51. The largest absolute Gasteiger partial charge is 0.490 e. The van der Waals surface area contributed by atoms with Crippen molar-refractivity contribution in [2.24, 2.45) is 11.7 Å². The molecule has 1 fully saturated rings. The molecular formula is C19H31NO. The second-order valence-electron chi connectivity index (χ2n) is 6.60. The first-order valence-corrected chi connectivity index (χ1v) is 8.64. The molecule has 0 aliphatic heterocycles. The van der Waals surface area contributed by atoms with Gasteiger partial charge in [-0.15, -0.1) is 0 Å². The molecule has 0 spiro atoms. The van der Waals surface area contributed by atoms with Gasteiger partial charge in [-0.3, -0.25) is 0 Å². The summed E-state index contributed by atoms with van der Waals surface area (Å²) in [6, 6.07) is 6.67. The molecule has 1 unspecified atom stereocenters. The normalized spacial score (nSPS) is 23.8. The van der Waals surface area contributed by atoms with E-state index in [1.54, 1.807) is 0 Å². The highest BCUT2D eigenvalue weighted by Gasteiger charge is 2.22. The van der Waals surface area contributed by atoms with Crippen molar-refractivity contribution in [1.82, 2.24) is 0 Å². The Kier molecular flexibility index (Phi) is 6.10. The molecule has 2 rings (SSSR count). The minimum absolute atomic E-state index is 0.227. The smallest absolute Gasteiger partial charge is 0.125 e. The van der Waals surface area contributed by atoms with Crippen LogP contribution < -0.4 is 10.5 Å². The Hall–Kier alpha value is -1.02. The van der Waals surface area contributed by atoms with Crippen molar-refractivity contribution in [3.63, 3.8) is 0 Å². The summed E-state index contributed by atoms with van der Waals surface area (Å²) in [5.41, 5.74) is 8.66. The zero-order valence-corrected chi connectivity index (χ0v) is 13.9. The van der Waals surface area contributed by atoms with Crippen molar-refractivity contribution < 1.29 is 4.74 Å². The first kappa shape index (κ1) is 16.4. The second-order valence-corrected chi connectivity index (χ2v) is 6.60. The summed E-state index contributed by atoms with van der Waals surface area (Å²) in [6.45, 7) is 6.60. The lowest BCUT2D eigenvalue weighted by atomic mass is 9.86. The first-order chi connectivity index (χ1) is 10.1. The third-order valence-corrected chi connectivity index (χ3v) is 4.96. The minimum Gasteiger partial charge on any atom is -0.490 e. The molecule has 1 saturated carbocycles. The Balaban J connectivity index is 2.05. The van der Waals surface area contributed by atoms with Crippen molar-refractivity contribution in [2.75, 3.05) is 0 Å². The van der Waals surface area contributed by atoms with Crippen molar-refractivity contribution >= 4 is 0 Å². The van der Waals surface area contributed by atoms with Gasteiger partial charge >= 0.3 is 0 Å². The molecule has 21 heavy (non-hydrogen) atoms. The third-order valence-electron chi connectivity index (χ3n) is 4.96. The highest BCUT2D eigenvalue weighted by atomic mass is 16.5. The van der Waals surface area contributed by atoms with Gasteiger partial charge in [0.2, 0.25) is 0 Å². The lowest BCUT2D eigenvalue weighted by Crippen LogP contribution is -2.26. The van der Waals surface area contributed by atoms with E-state index in [0.717, 1.165) is 24.5 Å². The molecule has 0 saturated heterocycles. The first-order valence-electron chi connectivity index (χ1n) is 8.64. The molecule has 1 atom stereocenters. The van der Waals surface area contributed by atoms with Gasteiger partial charge < -0.3 is 10.5 Å². The number of hydrogen-bond donors (Lipinski definition) is 1. The topological polar surface area (TPSA) is 35.2 Å². The van der Waals surface area contributed by atoms with Crippen LogP contribution in [0.2, 0.25) is 0 Å². The van der Waals surface area contributed by atoms with Crippen LogP contribution in [0.1, 0.15) is 63.5 Å². The quantitative estimate of drug-likeness (QED) is 0.829. The fraction of sp³-hybridized carbons (Fsp3) is 0.684. The highest BCUT2D eigenvalue weighted by Crippen LogP contribution is 2.32. The molecule has 2 nitrogen and oxygen atoms in total. The van der Waals surface area contributed by atoms with Crippen molar-refractivity contribution in [1.29, 1.82) is 0 Å². The molecule has 0 bridgehead atoms. The number of para-hydroxylation sites is 1. The maximum absolute atomic E-state index is 6.40. The number of nitrogens with two attached hydrogens (primary N) is 1. The molecule has 1 aromatic carbocycles. The fourth-order valence-electron chi connectivity index (χ4n) is 3.29. The maximum Gasteiger partial charge on any atom is 0.125 e. The second kappa shape index (κ2) is 7.84. The van der Waals surface area contributed by atoms with Gasteiger partial charge in [0.25, 0.3) is 0 Å². The van der Waals surface area contributed by atoms with E-state index in [4.69, 9.17) is 10.5 Å². The predicted octanol–water partition coefficient (Wildman–Crippen LogP) is 4.62. The minimum atomic E-state index is 0.227. The summed E-state index contributed by atoms with van der Waals surface area (Å²) in [4.78, 5) is 0. The van der Waals surface area contributed by atoms with Gasteiger partial charge in [0, 0.05) is 6.04 Å². The number of hydrogen-bond acceptors (Lipinski definition) is 2. The van der Waals surface area contributed by atoms with Crippen LogP contribution >= 0.6 is 0 Å². The molecule has 0 radical (unpaired) electrons. The molecule has 2 N–H and O–H groups in total. The standard InChI is InChI=1S/C19H31NO/c1-4-15-9-11-18(12-10-15)21-19-14(3)7-6-8-16(19)13-17(20)5-2/h6-8,15,17-18H,4-5,9-13,20H2,1-3H3. The molecule has 0 heterocycles. The van der Waals surface area contributed by atoms with E-state index in [0.29, 0.717) is 6.10 Å². The fourth-order valence-corrected chi connectivity index (χ4v) is 3.29. The average molecular weight is 289 g/mol. The lowest BCUT2D eigenvalue weighted by molar-refractivity contribution is 0.128. The van der Waals surface area contributed by atoms with E-state index in [1.807, 2.05) is 0 Å². The van der Waals surface area contributed by atoms with E-state index in [-0.39, 0.29) is 6.04 Å². The number of benzene rings is 1. The van der Waals surface area contributed by atoms with E-state index < -0.39 is 0 Å². The van der Waals surface area contributed by atoms with Crippen LogP contribution in [0, 0.1) is 12.8 Å². The molecular weight excluding hydrogens is 258 g/mol. The Labute approximate surface area is 130 Å². The van der Waals surface area contributed by atoms with Gasteiger partial charge in [-0.2, -0.15) is 0 Å². The molecule has 0 aromatic heterocycles. The summed E-state index contributed by atoms with van der Waals surface area (Å²) < 4.78 is 6.40. The zero-order chi connectivity index (χ0) is 15.2. The van der Waals surface area contributed by atoms with Crippen LogP contribution in [-0.4, -0.2) is 12.1 Å². The van der Waals surface area contributed by atoms with Crippen LogP contribution in [0.15, 0.2) is 18.2 Å². The number of ether oxygens (including phenoxy) is 1. The van der Waals surface area contributed by atoms with Crippen LogP contribution in [0.25, 0.3) is 0 Å². The Morgan fingerprint density at radius 3 is 2.52 bits per heavy atom. The molecule has 1 aliphatic rings. The Morgan fingerprint density at radius 1 is 1.19 bits per heavy atom. The maximum atomic E-state index is 6.40. The predicted molar refractivity (Wildman–Crippen MR) is 89.8 cm³/mol. The SMILES string of the molecule is CCC(N)Cc1cccc(C)c1OC1CCC(CC)CC1. The molecule has 2 heteroatoms.